The number of rotatable bonds is 4. The topological polar surface area (TPSA) is 41.1 Å². The molecule has 0 saturated carbocycles. The highest BCUT2D eigenvalue weighted by Gasteiger charge is 2.10. The lowest BCUT2D eigenvalue weighted by atomic mass is 10.4. The maximum Gasteiger partial charge on any atom is 0.171 e. The number of halogens is 1. The highest BCUT2D eigenvalue weighted by Crippen LogP contribution is 2.13. The van der Waals surface area contributed by atoms with Gasteiger partial charge in [0.1, 0.15) is 0 Å². The summed E-state index contributed by atoms with van der Waals surface area (Å²) in [5, 5.41) is 3.64. The van der Waals surface area contributed by atoms with Crippen LogP contribution in [-0.2, 0) is 0 Å². The Balaban J connectivity index is 1.75. The Bertz CT molecular complexity index is 312. The van der Waals surface area contributed by atoms with Gasteiger partial charge in [-0.25, -0.2) is 9.97 Å². The molecule has 1 aromatic rings. The Kier molecular flexibility index (Phi) is 3.75. The number of hydrogen-bond donors (Lipinski definition) is 1. The van der Waals surface area contributed by atoms with Gasteiger partial charge in [-0.15, -0.1) is 0 Å². The van der Waals surface area contributed by atoms with Crippen molar-refractivity contribution in [2.45, 2.75) is 12.8 Å². The van der Waals surface area contributed by atoms with Crippen LogP contribution in [0.3, 0.4) is 0 Å². The fourth-order valence-electron chi connectivity index (χ4n) is 1.78. The number of likely N-dealkylation sites (tertiary alicyclic amines) is 1. The van der Waals surface area contributed by atoms with Crippen LogP contribution < -0.4 is 5.32 Å². The maximum absolute atomic E-state index is 5.87. The quantitative estimate of drug-likeness (QED) is 0.848. The van der Waals surface area contributed by atoms with Crippen molar-refractivity contribution in [1.29, 1.82) is 0 Å². The number of hydrogen-bond acceptors (Lipinski definition) is 4. The summed E-state index contributed by atoms with van der Waals surface area (Å²) < 4.78 is 0. The largest absolute Gasteiger partial charge is 0.366 e. The molecule has 5 heteroatoms. The molecule has 0 atom stereocenters. The first kappa shape index (κ1) is 10.6. The molecule has 2 rings (SSSR count). The summed E-state index contributed by atoms with van der Waals surface area (Å²) in [6.45, 7) is 4.36. The van der Waals surface area contributed by atoms with Crippen molar-refractivity contribution >= 4 is 17.4 Å². The highest BCUT2D eigenvalue weighted by atomic mass is 35.5. The first-order chi connectivity index (χ1) is 7.36. The van der Waals surface area contributed by atoms with Crippen molar-refractivity contribution in [3.8, 4) is 0 Å². The Labute approximate surface area is 94.7 Å². The lowest BCUT2D eigenvalue weighted by Crippen LogP contribution is -2.26. The first-order valence-electron chi connectivity index (χ1n) is 5.29. The third kappa shape index (κ3) is 3.04. The van der Waals surface area contributed by atoms with E-state index in [2.05, 4.69) is 20.2 Å². The molecule has 1 saturated heterocycles. The van der Waals surface area contributed by atoms with E-state index in [1.165, 1.54) is 25.9 Å². The monoisotopic (exact) mass is 226 g/mol. The molecule has 0 radical (unpaired) electrons. The van der Waals surface area contributed by atoms with Gasteiger partial charge in [-0.3, -0.25) is 0 Å². The summed E-state index contributed by atoms with van der Waals surface area (Å²) >= 11 is 5.87. The Morgan fingerprint density at radius 3 is 2.73 bits per heavy atom. The molecule has 1 aromatic heterocycles. The second-order valence-electron chi connectivity index (χ2n) is 3.67. The van der Waals surface area contributed by atoms with E-state index in [9.17, 15) is 0 Å². The predicted molar refractivity (Wildman–Crippen MR) is 61.2 cm³/mol. The van der Waals surface area contributed by atoms with E-state index in [0.29, 0.717) is 11.0 Å². The molecule has 0 bridgehead atoms. The predicted octanol–water partition coefficient (Wildman–Crippen LogP) is 1.64. The molecular weight excluding hydrogens is 212 g/mol. The van der Waals surface area contributed by atoms with Crippen molar-refractivity contribution in [2.75, 3.05) is 31.5 Å². The summed E-state index contributed by atoms with van der Waals surface area (Å²) in [4.78, 5) is 10.5. The molecule has 1 aliphatic heterocycles. The summed E-state index contributed by atoms with van der Waals surface area (Å²) in [6, 6.07) is 0. The van der Waals surface area contributed by atoms with E-state index in [1.54, 1.807) is 12.4 Å². The van der Waals surface area contributed by atoms with Gasteiger partial charge in [-0.05, 0) is 25.9 Å². The molecule has 2 heterocycles. The molecular formula is C10H15ClN4. The average Bonchev–Trinajstić information content (AvgIpc) is 2.74. The summed E-state index contributed by atoms with van der Waals surface area (Å²) in [7, 11) is 0. The SMILES string of the molecule is Clc1nccnc1NCCN1CCCC1. The van der Waals surface area contributed by atoms with Gasteiger partial charge in [0.05, 0.1) is 0 Å². The molecule has 15 heavy (non-hydrogen) atoms. The van der Waals surface area contributed by atoms with Crippen molar-refractivity contribution < 1.29 is 0 Å². The first-order valence-corrected chi connectivity index (χ1v) is 5.67. The smallest absolute Gasteiger partial charge is 0.171 e. The third-order valence-corrected chi connectivity index (χ3v) is 2.85. The second-order valence-corrected chi connectivity index (χ2v) is 4.03. The standard InChI is InChI=1S/C10H15ClN4/c11-9-10(13-4-3-12-9)14-5-8-15-6-1-2-7-15/h3-4H,1-2,5-8H2,(H,13,14). The number of nitrogens with zero attached hydrogens (tertiary/aromatic N) is 3. The fourth-order valence-corrected chi connectivity index (χ4v) is 1.95. The molecule has 0 aromatic carbocycles. The van der Waals surface area contributed by atoms with Gasteiger partial charge >= 0.3 is 0 Å². The van der Waals surface area contributed by atoms with Crippen LogP contribution in [0.2, 0.25) is 5.15 Å². The Morgan fingerprint density at radius 2 is 2.00 bits per heavy atom. The van der Waals surface area contributed by atoms with E-state index in [4.69, 9.17) is 11.6 Å². The van der Waals surface area contributed by atoms with Crippen LogP contribution in [0.1, 0.15) is 12.8 Å². The fraction of sp³-hybridized carbons (Fsp3) is 0.600. The minimum absolute atomic E-state index is 0.443. The number of nitrogens with one attached hydrogen (secondary N) is 1. The lowest BCUT2D eigenvalue weighted by Gasteiger charge is -2.14. The van der Waals surface area contributed by atoms with E-state index in [1.807, 2.05) is 0 Å². The molecule has 0 amide bonds. The van der Waals surface area contributed by atoms with Crippen LogP contribution in [0.4, 0.5) is 5.82 Å². The summed E-state index contributed by atoms with van der Waals surface area (Å²) in [5.74, 6) is 0.679. The average molecular weight is 227 g/mol. The molecule has 0 spiro atoms. The van der Waals surface area contributed by atoms with E-state index in [0.717, 1.165) is 13.1 Å². The normalized spacial score (nSPS) is 16.9. The van der Waals surface area contributed by atoms with Gasteiger partial charge in [-0.1, -0.05) is 11.6 Å². The summed E-state index contributed by atoms with van der Waals surface area (Å²) in [6.07, 6.45) is 5.88. The third-order valence-electron chi connectivity index (χ3n) is 2.57. The van der Waals surface area contributed by atoms with Crippen molar-refractivity contribution in [3.63, 3.8) is 0 Å². The summed E-state index contributed by atoms with van der Waals surface area (Å²) in [5.41, 5.74) is 0. The highest BCUT2D eigenvalue weighted by molar-refractivity contribution is 6.31. The number of aromatic nitrogens is 2. The number of anilines is 1. The van der Waals surface area contributed by atoms with Crippen molar-refractivity contribution in [3.05, 3.63) is 17.5 Å². The Morgan fingerprint density at radius 1 is 1.27 bits per heavy atom. The van der Waals surface area contributed by atoms with Gasteiger partial charge in [-0.2, -0.15) is 0 Å². The van der Waals surface area contributed by atoms with Crippen molar-refractivity contribution in [1.82, 2.24) is 14.9 Å². The van der Waals surface area contributed by atoms with E-state index in [-0.39, 0.29) is 0 Å². The van der Waals surface area contributed by atoms with Gasteiger partial charge in [0, 0.05) is 25.5 Å². The molecule has 82 valence electrons. The molecule has 1 fully saturated rings. The zero-order chi connectivity index (χ0) is 10.5. The van der Waals surface area contributed by atoms with Crippen LogP contribution in [0.15, 0.2) is 12.4 Å². The van der Waals surface area contributed by atoms with Crippen molar-refractivity contribution in [2.24, 2.45) is 0 Å². The van der Waals surface area contributed by atoms with Crippen LogP contribution in [0.5, 0.6) is 0 Å². The molecule has 0 unspecified atom stereocenters. The second kappa shape index (κ2) is 5.28. The van der Waals surface area contributed by atoms with Gasteiger partial charge < -0.3 is 10.2 Å². The molecule has 1 N–H and O–H groups in total. The van der Waals surface area contributed by atoms with E-state index >= 15 is 0 Å². The van der Waals surface area contributed by atoms with Crippen LogP contribution in [-0.4, -0.2) is 41.0 Å². The minimum atomic E-state index is 0.443. The zero-order valence-electron chi connectivity index (χ0n) is 8.62. The van der Waals surface area contributed by atoms with Gasteiger partial charge in [0.2, 0.25) is 0 Å². The molecule has 0 aliphatic carbocycles. The van der Waals surface area contributed by atoms with Gasteiger partial charge in [0.25, 0.3) is 0 Å². The molecule has 1 aliphatic rings. The van der Waals surface area contributed by atoms with Crippen LogP contribution in [0.25, 0.3) is 0 Å². The zero-order valence-corrected chi connectivity index (χ0v) is 9.37. The van der Waals surface area contributed by atoms with Crippen LogP contribution in [0, 0.1) is 0 Å². The minimum Gasteiger partial charge on any atom is -0.366 e. The molecule has 4 nitrogen and oxygen atoms in total. The Hall–Kier alpha value is -0.870. The maximum atomic E-state index is 5.87. The lowest BCUT2D eigenvalue weighted by molar-refractivity contribution is 0.352. The van der Waals surface area contributed by atoms with E-state index < -0.39 is 0 Å². The van der Waals surface area contributed by atoms with Gasteiger partial charge in [0.15, 0.2) is 11.0 Å². The van der Waals surface area contributed by atoms with Crippen LogP contribution >= 0.6 is 11.6 Å².